The summed E-state index contributed by atoms with van der Waals surface area (Å²) in [4.78, 5) is 30.3. The number of aliphatic hydroxyl groups excluding tert-OH is 1. The van der Waals surface area contributed by atoms with E-state index in [0.29, 0.717) is 5.69 Å². The molecule has 0 radical (unpaired) electrons. The lowest BCUT2D eigenvalue weighted by atomic mass is 10.2. The topological polar surface area (TPSA) is 124 Å². The summed E-state index contributed by atoms with van der Waals surface area (Å²) >= 11 is 0. The molecule has 0 aliphatic carbocycles. The average molecular weight is 268 g/mol. The van der Waals surface area contributed by atoms with Gasteiger partial charge in [-0.05, 0) is 6.92 Å². The third-order valence-corrected chi connectivity index (χ3v) is 2.29. The van der Waals surface area contributed by atoms with Crippen molar-refractivity contribution in [1.29, 1.82) is 0 Å². The number of aliphatic hydroxyl groups is 1. The Kier molecular flexibility index (Phi) is 5.68. The van der Waals surface area contributed by atoms with Crippen LogP contribution in [0, 0.1) is 6.92 Å². The number of carbonyl (C=O) groups is 2. The van der Waals surface area contributed by atoms with Crippen LogP contribution in [0.1, 0.15) is 17.8 Å². The maximum absolute atomic E-state index is 11.5. The first kappa shape index (κ1) is 14.8. The van der Waals surface area contributed by atoms with E-state index >= 15 is 0 Å². The largest absolute Gasteiger partial charge is 0.480 e. The second-order valence-electron chi connectivity index (χ2n) is 3.88. The number of urea groups is 1. The Balaban J connectivity index is 2.42. The van der Waals surface area contributed by atoms with Crippen LogP contribution in [0.4, 0.5) is 4.79 Å². The van der Waals surface area contributed by atoms with Gasteiger partial charge in [-0.15, -0.1) is 0 Å². The van der Waals surface area contributed by atoms with Gasteiger partial charge in [0.25, 0.3) is 0 Å². The SMILES string of the molecule is Cc1cnc(CNC(=O)NC(CCO)C(=O)O)cn1. The molecule has 0 saturated heterocycles. The molecule has 0 bridgehead atoms. The predicted molar refractivity (Wildman–Crippen MR) is 65.3 cm³/mol. The first-order valence-electron chi connectivity index (χ1n) is 5.68. The fourth-order valence-corrected chi connectivity index (χ4v) is 1.28. The smallest absolute Gasteiger partial charge is 0.326 e. The van der Waals surface area contributed by atoms with E-state index in [-0.39, 0.29) is 19.6 Å². The molecule has 1 aromatic heterocycles. The summed E-state index contributed by atoms with van der Waals surface area (Å²) in [5, 5.41) is 22.2. The number of hydrogen-bond donors (Lipinski definition) is 4. The average Bonchev–Trinajstić information content (AvgIpc) is 2.37. The van der Waals surface area contributed by atoms with Crippen LogP contribution in [0.3, 0.4) is 0 Å². The number of amides is 2. The summed E-state index contributed by atoms with van der Waals surface area (Å²) in [6.07, 6.45) is 3.05. The predicted octanol–water partition coefficient (Wildman–Crippen LogP) is -0.580. The normalized spacial score (nSPS) is 11.7. The Hall–Kier alpha value is -2.22. The fraction of sp³-hybridized carbons (Fsp3) is 0.455. The highest BCUT2D eigenvalue weighted by molar-refractivity contribution is 5.82. The summed E-state index contributed by atoms with van der Waals surface area (Å²) in [7, 11) is 0. The van der Waals surface area contributed by atoms with Crippen LogP contribution >= 0.6 is 0 Å². The number of nitrogens with zero attached hydrogens (tertiary/aromatic N) is 2. The van der Waals surface area contributed by atoms with Crippen molar-refractivity contribution in [3.63, 3.8) is 0 Å². The summed E-state index contributed by atoms with van der Waals surface area (Å²) in [5.41, 5.74) is 1.33. The molecule has 1 unspecified atom stereocenters. The van der Waals surface area contributed by atoms with E-state index in [1.807, 2.05) is 0 Å². The molecule has 1 atom stereocenters. The van der Waals surface area contributed by atoms with Crippen molar-refractivity contribution in [2.45, 2.75) is 25.9 Å². The molecule has 4 N–H and O–H groups in total. The third kappa shape index (κ3) is 5.30. The van der Waals surface area contributed by atoms with E-state index in [0.717, 1.165) is 5.69 Å². The molecule has 0 spiro atoms. The van der Waals surface area contributed by atoms with Crippen LogP contribution in [0.25, 0.3) is 0 Å². The van der Waals surface area contributed by atoms with E-state index in [1.54, 1.807) is 13.1 Å². The van der Waals surface area contributed by atoms with Gasteiger partial charge in [-0.2, -0.15) is 0 Å². The van der Waals surface area contributed by atoms with Gasteiger partial charge in [0.05, 0.1) is 24.1 Å². The van der Waals surface area contributed by atoms with Gasteiger partial charge in [0.1, 0.15) is 6.04 Å². The molecule has 8 heteroatoms. The Morgan fingerprint density at radius 2 is 2.11 bits per heavy atom. The zero-order chi connectivity index (χ0) is 14.3. The number of aromatic nitrogens is 2. The molecule has 1 rings (SSSR count). The zero-order valence-electron chi connectivity index (χ0n) is 10.5. The number of hydrogen-bond acceptors (Lipinski definition) is 5. The Labute approximate surface area is 109 Å². The second-order valence-corrected chi connectivity index (χ2v) is 3.88. The van der Waals surface area contributed by atoms with Gasteiger partial charge < -0.3 is 20.8 Å². The lowest BCUT2D eigenvalue weighted by molar-refractivity contribution is -0.139. The minimum absolute atomic E-state index is 0.0485. The molecule has 104 valence electrons. The quantitative estimate of drug-likeness (QED) is 0.547. The number of carboxylic acids is 1. The number of aliphatic carboxylic acids is 1. The number of carboxylic acid groups (broad SMARTS) is 1. The Bertz CT molecular complexity index is 435. The number of nitrogens with one attached hydrogen (secondary N) is 2. The van der Waals surface area contributed by atoms with Crippen molar-refractivity contribution in [1.82, 2.24) is 20.6 Å². The Morgan fingerprint density at radius 3 is 2.63 bits per heavy atom. The van der Waals surface area contributed by atoms with E-state index in [4.69, 9.17) is 10.2 Å². The Morgan fingerprint density at radius 1 is 1.37 bits per heavy atom. The van der Waals surface area contributed by atoms with E-state index in [9.17, 15) is 9.59 Å². The van der Waals surface area contributed by atoms with Crippen LogP contribution in [0.2, 0.25) is 0 Å². The first-order valence-corrected chi connectivity index (χ1v) is 5.68. The van der Waals surface area contributed by atoms with Crippen molar-refractivity contribution >= 4 is 12.0 Å². The van der Waals surface area contributed by atoms with Gasteiger partial charge in [-0.1, -0.05) is 0 Å². The van der Waals surface area contributed by atoms with Crippen LogP contribution < -0.4 is 10.6 Å². The maximum atomic E-state index is 11.5. The molecule has 0 saturated carbocycles. The molecule has 1 aromatic rings. The van der Waals surface area contributed by atoms with Gasteiger partial charge in [-0.3, -0.25) is 9.97 Å². The van der Waals surface area contributed by atoms with Gasteiger partial charge in [0, 0.05) is 19.2 Å². The molecule has 0 aromatic carbocycles. The molecule has 0 aliphatic heterocycles. The van der Waals surface area contributed by atoms with Crippen molar-refractivity contribution < 1.29 is 19.8 Å². The molecule has 0 aliphatic rings. The van der Waals surface area contributed by atoms with E-state index < -0.39 is 18.0 Å². The molecule has 2 amide bonds. The van der Waals surface area contributed by atoms with Gasteiger partial charge in [0.15, 0.2) is 0 Å². The minimum Gasteiger partial charge on any atom is -0.480 e. The summed E-state index contributed by atoms with van der Waals surface area (Å²) < 4.78 is 0. The first-order chi connectivity index (χ1) is 9.02. The standard InChI is InChI=1S/C11H16N4O4/c1-7-4-13-8(5-12-7)6-14-11(19)15-9(2-3-16)10(17)18/h4-5,9,16H,2-3,6H2,1H3,(H,17,18)(H2,14,15,19). The highest BCUT2D eigenvalue weighted by atomic mass is 16.4. The zero-order valence-corrected chi connectivity index (χ0v) is 10.5. The highest BCUT2D eigenvalue weighted by Crippen LogP contribution is 1.94. The number of aryl methyl sites for hydroxylation is 1. The monoisotopic (exact) mass is 268 g/mol. The van der Waals surface area contributed by atoms with Crippen molar-refractivity contribution in [2.75, 3.05) is 6.61 Å². The second kappa shape index (κ2) is 7.27. The lowest BCUT2D eigenvalue weighted by Crippen LogP contribution is -2.46. The van der Waals surface area contributed by atoms with Gasteiger partial charge >= 0.3 is 12.0 Å². The third-order valence-electron chi connectivity index (χ3n) is 2.29. The molecule has 19 heavy (non-hydrogen) atoms. The molecular weight excluding hydrogens is 252 g/mol. The fourth-order valence-electron chi connectivity index (χ4n) is 1.28. The van der Waals surface area contributed by atoms with Gasteiger partial charge in [-0.25, -0.2) is 9.59 Å². The van der Waals surface area contributed by atoms with Crippen molar-refractivity contribution in [2.24, 2.45) is 0 Å². The summed E-state index contributed by atoms with van der Waals surface area (Å²) in [6.45, 7) is 1.62. The van der Waals surface area contributed by atoms with E-state index in [1.165, 1.54) is 6.20 Å². The number of rotatable bonds is 6. The van der Waals surface area contributed by atoms with Crippen LogP contribution in [-0.2, 0) is 11.3 Å². The van der Waals surface area contributed by atoms with E-state index in [2.05, 4.69) is 20.6 Å². The summed E-state index contributed by atoms with van der Waals surface area (Å²) in [6, 6.07) is -1.75. The molecule has 0 fully saturated rings. The van der Waals surface area contributed by atoms with Crippen LogP contribution in [-0.4, -0.2) is 44.8 Å². The minimum atomic E-state index is -1.20. The maximum Gasteiger partial charge on any atom is 0.326 e. The highest BCUT2D eigenvalue weighted by Gasteiger charge is 2.18. The molecule has 1 heterocycles. The van der Waals surface area contributed by atoms with Crippen molar-refractivity contribution in [3.05, 3.63) is 23.8 Å². The van der Waals surface area contributed by atoms with Crippen molar-refractivity contribution in [3.8, 4) is 0 Å². The molecular formula is C11H16N4O4. The lowest BCUT2D eigenvalue weighted by Gasteiger charge is -2.13. The van der Waals surface area contributed by atoms with Crippen LogP contribution in [0.5, 0.6) is 0 Å². The number of carbonyl (C=O) groups excluding carboxylic acids is 1. The molecule has 8 nitrogen and oxygen atoms in total. The van der Waals surface area contributed by atoms with Gasteiger partial charge in [0.2, 0.25) is 0 Å². The summed E-state index contributed by atoms with van der Waals surface area (Å²) in [5.74, 6) is -1.20. The van der Waals surface area contributed by atoms with Crippen LogP contribution in [0.15, 0.2) is 12.4 Å².